The molecule has 0 saturated heterocycles. The second-order valence-corrected chi connectivity index (χ2v) is 6.35. The first kappa shape index (κ1) is 17.6. The highest BCUT2D eigenvalue weighted by molar-refractivity contribution is 7.99. The number of anilines is 1. The number of benzene rings is 2. The van der Waals surface area contributed by atoms with Crippen molar-refractivity contribution in [2.75, 3.05) is 11.1 Å². The van der Waals surface area contributed by atoms with E-state index >= 15 is 0 Å². The van der Waals surface area contributed by atoms with Crippen molar-refractivity contribution >= 4 is 29.0 Å². The van der Waals surface area contributed by atoms with Gasteiger partial charge in [-0.3, -0.25) is 19.5 Å². The largest absolute Gasteiger partial charge is 0.325 e. The first-order valence-corrected chi connectivity index (χ1v) is 8.66. The number of nitrogens with zero attached hydrogens (tertiary/aromatic N) is 4. The van der Waals surface area contributed by atoms with Gasteiger partial charge in [-0.2, -0.15) is 0 Å². The summed E-state index contributed by atoms with van der Waals surface area (Å²) in [6, 6.07) is 13.9. The van der Waals surface area contributed by atoms with Crippen LogP contribution in [0.2, 0.25) is 0 Å². The fraction of sp³-hybridized carbons (Fsp3) is 0.118. The number of rotatable bonds is 6. The molecule has 2 aromatic carbocycles. The van der Waals surface area contributed by atoms with Crippen molar-refractivity contribution in [2.24, 2.45) is 0 Å². The van der Waals surface area contributed by atoms with Crippen LogP contribution in [-0.4, -0.2) is 31.3 Å². The molecule has 9 heteroatoms. The van der Waals surface area contributed by atoms with Crippen LogP contribution in [0.4, 0.5) is 11.4 Å². The van der Waals surface area contributed by atoms with E-state index in [0.717, 1.165) is 5.69 Å². The van der Waals surface area contributed by atoms with Gasteiger partial charge in [0.1, 0.15) is 6.33 Å². The van der Waals surface area contributed by atoms with Crippen LogP contribution in [0, 0.1) is 17.0 Å². The zero-order valence-electron chi connectivity index (χ0n) is 13.8. The molecular formula is C17H15N5O3S. The Morgan fingerprint density at radius 3 is 2.73 bits per heavy atom. The molecule has 0 unspecified atom stereocenters. The monoisotopic (exact) mass is 369 g/mol. The molecule has 0 aliphatic rings. The molecule has 1 aromatic heterocycles. The number of carbonyl (C=O) groups excluding carboxylic acids is 1. The van der Waals surface area contributed by atoms with E-state index in [1.54, 1.807) is 17.8 Å². The number of aryl methyl sites for hydroxylation is 1. The molecule has 3 rings (SSSR count). The fourth-order valence-corrected chi connectivity index (χ4v) is 3.04. The number of thioether (sulfide) groups is 1. The van der Waals surface area contributed by atoms with Crippen molar-refractivity contribution < 1.29 is 9.72 Å². The van der Waals surface area contributed by atoms with Gasteiger partial charge in [0.05, 0.1) is 10.7 Å². The normalized spacial score (nSPS) is 10.5. The average Bonchev–Trinajstić information content (AvgIpc) is 3.11. The minimum Gasteiger partial charge on any atom is -0.325 e. The summed E-state index contributed by atoms with van der Waals surface area (Å²) in [5.41, 5.74) is 2.08. The van der Waals surface area contributed by atoms with Crippen LogP contribution in [0.5, 0.6) is 0 Å². The predicted molar refractivity (Wildman–Crippen MR) is 98.5 cm³/mol. The molecule has 0 atom stereocenters. The van der Waals surface area contributed by atoms with Gasteiger partial charge in [0.15, 0.2) is 5.16 Å². The van der Waals surface area contributed by atoms with E-state index in [9.17, 15) is 14.9 Å². The highest BCUT2D eigenvalue weighted by Crippen LogP contribution is 2.23. The van der Waals surface area contributed by atoms with E-state index in [1.807, 2.05) is 30.3 Å². The summed E-state index contributed by atoms with van der Waals surface area (Å²) >= 11 is 1.26. The highest BCUT2D eigenvalue weighted by atomic mass is 32.2. The van der Waals surface area contributed by atoms with Crippen molar-refractivity contribution in [1.82, 2.24) is 14.8 Å². The first-order valence-electron chi connectivity index (χ1n) is 7.68. The number of carbonyl (C=O) groups is 1. The van der Waals surface area contributed by atoms with Gasteiger partial charge < -0.3 is 5.32 Å². The molecule has 3 aromatic rings. The first-order chi connectivity index (χ1) is 12.5. The molecule has 0 fully saturated rings. The third-order valence-corrected chi connectivity index (χ3v) is 4.52. The summed E-state index contributed by atoms with van der Waals surface area (Å²) in [5, 5.41) is 22.1. The molecule has 0 spiro atoms. The maximum absolute atomic E-state index is 12.2. The van der Waals surface area contributed by atoms with Crippen LogP contribution in [0.15, 0.2) is 60.0 Å². The third-order valence-electron chi connectivity index (χ3n) is 3.58. The zero-order chi connectivity index (χ0) is 18.5. The zero-order valence-corrected chi connectivity index (χ0v) is 14.6. The van der Waals surface area contributed by atoms with Gasteiger partial charge >= 0.3 is 0 Å². The van der Waals surface area contributed by atoms with E-state index in [0.29, 0.717) is 16.4 Å². The number of hydrogen-bond donors (Lipinski definition) is 1. The Balaban J connectivity index is 1.64. The summed E-state index contributed by atoms with van der Waals surface area (Å²) in [7, 11) is 0. The van der Waals surface area contributed by atoms with Gasteiger partial charge in [-0.05, 0) is 30.7 Å². The molecule has 1 N–H and O–H groups in total. The molecule has 0 aliphatic carbocycles. The molecule has 132 valence electrons. The summed E-state index contributed by atoms with van der Waals surface area (Å²) in [4.78, 5) is 22.5. The lowest BCUT2D eigenvalue weighted by Crippen LogP contribution is -2.15. The van der Waals surface area contributed by atoms with Gasteiger partial charge in [-0.25, -0.2) is 0 Å². The Morgan fingerprint density at radius 2 is 2.04 bits per heavy atom. The quantitative estimate of drug-likeness (QED) is 0.406. The van der Waals surface area contributed by atoms with Crippen molar-refractivity contribution in [3.8, 4) is 5.69 Å². The third kappa shape index (κ3) is 4.06. The summed E-state index contributed by atoms with van der Waals surface area (Å²) in [5.74, 6) is -0.0864. The molecule has 0 aliphatic heterocycles. The molecule has 0 radical (unpaired) electrons. The summed E-state index contributed by atoms with van der Waals surface area (Å²) in [6.07, 6.45) is 1.59. The standard InChI is InChI=1S/C17H15N5O3S/c1-12-9-14(22(24)25)7-8-15(12)19-16(23)10-26-17-20-18-11-21(17)13-5-3-2-4-6-13/h2-9,11H,10H2,1H3,(H,19,23). The maximum Gasteiger partial charge on any atom is 0.269 e. The van der Waals surface area contributed by atoms with Gasteiger partial charge in [-0.1, -0.05) is 30.0 Å². The van der Waals surface area contributed by atoms with Crippen LogP contribution >= 0.6 is 11.8 Å². The van der Waals surface area contributed by atoms with Crippen LogP contribution in [0.1, 0.15) is 5.56 Å². The van der Waals surface area contributed by atoms with E-state index in [2.05, 4.69) is 15.5 Å². The van der Waals surface area contributed by atoms with Crippen molar-refractivity contribution in [2.45, 2.75) is 12.1 Å². The molecular weight excluding hydrogens is 354 g/mol. The van der Waals surface area contributed by atoms with Crippen LogP contribution < -0.4 is 5.32 Å². The number of para-hydroxylation sites is 1. The number of aromatic nitrogens is 3. The molecule has 0 saturated carbocycles. The summed E-state index contributed by atoms with van der Waals surface area (Å²) < 4.78 is 1.80. The number of non-ortho nitro benzene ring substituents is 1. The molecule has 1 amide bonds. The summed E-state index contributed by atoms with van der Waals surface area (Å²) in [6.45, 7) is 1.71. The highest BCUT2D eigenvalue weighted by Gasteiger charge is 2.13. The van der Waals surface area contributed by atoms with E-state index < -0.39 is 4.92 Å². The van der Waals surface area contributed by atoms with Gasteiger partial charge in [0.2, 0.25) is 5.91 Å². The van der Waals surface area contributed by atoms with E-state index in [4.69, 9.17) is 0 Å². The second kappa shape index (κ2) is 7.79. The number of nitro benzene ring substituents is 1. The Kier molecular flexibility index (Phi) is 5.28. The van der Waals surface area contributed by atoms with Gasteiger partial charge in [-0.15, -0.1) is 10.2 Å². The van der Waals surface area contributed by atoms with Crippen molar-refractivity contribution in [3.05, 3.63) is 70.5 Å². The SMILES string of the molecule is Cc1cc([N+](=O)[O-])ccc1NC(=O)CSc1nncn1-c1ccccc1. The molecule has 1 heterocycles. The van der Waals surface area contributed by atoms with Crippen molar-refractivity contribution in [1.29, 1.82) is 0 Å². The lowest BCUT2D eigenvalue weighted by Gasteiger charge is -2.09. The van der Waals surface area contributed by atoms with E-state index in [-0.39, 0.29) is 17.3 Å². The maximum atomic E-state index is 12.2. The molecule has 0 bridgehead atoms. The lowest BCUT2D eigenvalue weighted by molar-refractivity contribution is -0.384. The topological polar surface area (TPSA) is 103 Å². The second-order valence-electron chi connectivity index (χ2n) is 5.41. The van der Waals surface area contributed by atoms with Crippen LogP contribution in [0.3, 0.4) is 0 Å². The van der Waals surface area contributed by atoms with Crippen LogP contribution in [-0.2, 0) is 4.79 Å². The van der Waals surface area contributed by atoms with Crippen molar-refractivity contribution in [3.63, 3.8) is 0 Å². The molecule has 8 nitrogen and oxygen atoms in total. The minimum atomic E-state index is -0.467. The Bertz CT molecular complexity index is 943. The van der Waals surface area contributed by atoms with E-state index in [1.165, 1.54) is 30.0 Å². The number of hydrogen-bond acceptors (Lipinski definition) is 6. The molecule has 26 heavy (non-hydrogen) atoms. The fourth-order valence-electron chi connectivity index (χ4n) is 2.31. The Hall–Kier alpha value is -3.20. The Morgan fingerprint density at radius 1 is 1.27 bits per heavy atom. The minimum absolute atomic E-state index is 0.00848. The lowest BCUT2D eigenvalue weighted by atomic mass is 10.2. The number of amides is 1. The van der Waals surface area contributed by atoms with Gasteiger partial charge in [0.25, 0.3) is 5.69 Å². The Labute approximate surface area is 153 Å². The predicted octanol–water partition coefficient (Wildman–Crippen LogP) is 3.21. The van der Waals surface area contributed by atoms with Crippen LogP contribution in [0.25, 0.3) is 5.69 Å². The smallest absolute Gasteiger partial charge is 0.269 e. The average molecular weight is 369 g/mol. The number of nitrogens with one attached hydrogen (secondary N) is 1. The number of nitro groups is 1. The van der Waals surface area contributed by atoms with Gasteiger partial charge in [0, 0.05) is 23.5 Å².